The van der Waals surface area contributed by atoms with Gasteiger partial charge in [0.1, 0.15) is 16.9 Å². The number of hydrogen-bond donors (Lipinski definition) is 1. The fourth-order valence-corrected chi connectivity index (χ4v) is 6.97. The second kappa shape index (κ2) is 12.3. The van der Waals surface area contributed by atoms with Gasteiger partial charge in [-0.3, -0.25) is 0 Å². The highest BCUT2D eigenvalue weighted by atomic mass is 16.3. The number of imidazole rings is 1. The van der Waals surface area contributed by atoms with Crippen molar-refractivity contribution in [2.24, 2.45) is 0 Å². The monoisotopic (exact) mass is 668 g/mol. The standard InChI is InChI=1S/C46H29N5O/c1-3-11-31(12-4-1)43-48-44(32-21-19-30(20-22-32)35-27-28-42-38(29-35)37-15-7-10-18-41(37)52-42)50-45(49-43)33-23-25-34(26-24-33)46-47-39-16-8-9-17-40(39)51(46)36-13-5-2-6-14-36/h1-29H/p+1. The van der Waals surface area contributed by atoms with Gasteiger partial charge in [0.05, 0.1) is 5.56 Å². The molecule has 0 bridgehead atoms. The van der Waals surface area contributed by atoms with Crippen molar-refractivity contribution in [3.8, 4) is 62.4 Å². The molecular formula is C46H30N5O+. The van der Waals surface area contributed by atoms with Crippen molar-refractivity contribution in [1.82, 2.24) is 19.9 Å². The molecule has 3 aromatic heterocycles. The Morgan fingerprint density at radius 3 is 1.63 bits per heavy atom. The summed E-state index contributed by atoms with van der Waals surface area (Å²) < 4.78 is 8.32. The van der Waals surface area contributed by atoms with Crippen LogP contribution < -0.4 is 4.57 Å². The Morgan fingerprint density at radius 2 is 0.923 bits per heavy atom. The summed E-state index contributed by atoms with van der Waals surface area (Å²) in [6.07, 6.45) is 0. The molecule has 0 fully saturated rings. The molecule has 0 radical (unpaired) electrons. The van der Waals surface area contributed by atoms with Crippen molar-refractivity contribution in [3.63, 3.8) is 0 Å². The van der Waals surface area contributed by atoms with E-state index < -0.39 is 0 Å². The lowest BCUT2D eigenvalue weighted by molar-refractivity contribution is -0.554. The Kier molecular flexibility index (Phi) is 7.03. The lowest BCUT2D eigenvalue weighted by atomic mass is 10.0. The molecule has 6 nitrogen and oxygen atoms in total. The predicted molar refractivity (Wildman–Crippen MR) is 208 cm³/mol. The van der Waals surface area contributed by atoms with Crippen LogP contribution in [0.3, 0.4) is 0 Å². The summed E-state index contributed by atoms with van der Waals surface area (Å²) in [4.78, 5) is 18.6. The van der Waals surface area contributed by atoms with E-state index in [0.29, 0.717) is 17.5 Å². The molecule has 0 aliphatic heterocycles. The van der Waals surface area contributed by atoms with Gasteiger partial charge in [0.15, 0.2) is 28.5 Å². The van der Waals surface area contributed by atoms with Crippen LogP contribution in [0.4, 0.5) is 0 Å². The average molecular weight is 669 g/mol. The van der Waals surface area contributed by atoms with Gasteiger partial charge in [-0.15, -0.1) is 0 Å². The zero-order chi connectivity index (χ0) is 34.4. The van der Waals surface area contributed by atoms with Crippen LogP contribution in [0.15, 0.2) is 180 Å². The number of H-pyrrole nitrogens is 1. The number of para-hydroxylation sites is 4. The van der Waals surface area contributed by atoms with E-state index in [4.69, 9.17) is 19.4 Å². The number of nitrogens with zero attached hydrogens (tertiary/aromatic N) is 4. The Labute approximate surface area is 299 Å². The van der Waals surface area contributed by atoms with Gasteiger partial charge in [-0.2, -0.15) is 4.57 Å². The molecule has 0 atom stereocenters. The van der Waals surface area contributed by atoms with Crippen molar-refractivity contribution in [1.29, 1.82) is 0 Å². The molecule has 10 aromatic rings. The van der Waals surface area contributed by atoms with Gasteiger partial charge in [0.25, 0.3) is 5.82 Å². The number of fused-ring (bicyclic) bond motifs is 4. The topological polar surface area (TPSA) is 71.5 Å². The predicted octanol–water partition coefficient (Wildman–Crippen LogP) is 10.9. The van der Waals surface area contributed by atoms with Crippen LogP contribution in [0.25, 0.3) is 95.3 Å². The molecule has 0 spiro atoms. The first kappa shape index (κ1) is 29.7. The Bertz CT molecular complexity index is 2880. The summed E-state index contributed by atoms with van der Waals surface area (Å²) >= 11 is 0. The van der Waals surface area contributed by atoms with E-state index in [1.54, 1.807) is 0 Å². The highest BCUT2D eigenvalue weighted by Gasteiger charge is 2.22. The fourth-order valence-electron chi connectivity index (χ4n) is 6.97. The van der Waals surface area contributed by atoms with Gasteiger partial charge in [0.2, 0.25) is 0 Å². The Hall–Kier alpha value is -7.18. The third kappa shape index (κ3) is 5.22. The Morgan fingerprint density at radius 1 is 0.404 bits per heavy atom. The minimum atomic E-state index is 0.615. The highest BCUT2D eigenvalue weighted by molar-refractivity contribution is 6.06. The minimum Gasteiger partial charge on any atom is -0.456 e. The molecule has 0 unspecified atom stereocenters. The van der Waals surface area contributed by atoms with Crippen LogP contribution in [0.5, 0.6) is 0 Å². The van der Waals surface area contributed by atoms with E-state index in [-0.39, 0.29) is 0 Å². The smallest absolute Gasteiger partial charge is 0.292 e. The number of rotatable bonds is 6. The minimum absolute atomic E-state index is 0.615. The second-order valence-electron chi connectivity index (χ2n) is 12.8. The summed E-state index contributed by atoms with van der Waals surface area (Å²) in [5.41, 5.74) is 11.1. The average Bonchev–Trinajstić information content (AvgIpc) is 3.80. The second-order valence-corrected chi connectivity index (χ2v) is 12.8. The lowest BCUT2D eigenvalue weighted by Gasteiger charge is -2.09. The number of aromatic nitrogens is 5. The van der Waals surface area contributed by atoms with E-state index in [1.807, 2.05) is 60.7 Å². The molecule has 0 amide bonds. The molecule has 7 aromatic carbocycles. The number of benzene rings is 7. The quantitative estimate of drug-likeness (QED) is 0.179. The molecule has 10 rings (SSSR count). The number of furan rings is 1. The van der Waals surface area contributed by atoms with Crippen molar-refractivity contribution in [2.75, 3.05) is 0 Å². The van der Waals surface area contributed by atoms with Crippen molar-refractivity contribution in [2.45, 2.75) is 0 Å². The zero-order valence-corrected chi connectivity index (χ0v) is 27.9. The van der Waals surface area contributed by atoms with Gasteiger partial charge in [-0.25, -0.2) is 19.9 Å². The van der Waals surface area contributed by atoms with Crippen LogP contribution in [0, 0.1) is 0 Å². The van der Waals surface area contributed by atoms with Crippen LogP contribution >= 0.6 is 0 Å². The molecular weight excluding hydrogens is 639 g/mol. The summed E-state index contributed by atoms with van der Waals surface area (Å²) in [5.74, 6) is 2.86. The fraction of sp³-hybridized carbons (Fsp3) is 0. The van der Waals surface area contributed by atoms with E-state index in [1.165, 1.54) is 0 Å². The van der Waals surface area contributed by atoms with Crippen LogP contribution in [0.1, 0.15) is 0 Å². The van der Waals surface area contributed by atoms with Gasteiger partial charge in [0, 0.05) is 27.5 Å². The lowest BCUT2D eigenvalue weighted by Crippen LogP contribution is -2.31. The number of hydrogen-bond acceptors (Lipinski definition) is 4. The summed E-state index contributed by atoms with van der Waals surface area (Å²) in [6, 6.07) is 60.2. The van der Waals surface area contributed by atoms with Crippen molar-refractivity contribution in [3.05, 3.63) is 176 Å². The molecule has 1 N–H and O–H groups in total. The zero-order valence-electron chi connectivity index (χ0n) is 27.9. The van der Waals surface area contributed by atoms with Gasteiger partial charge < -0.3 is 4.42 Å². The van der Waals surface area contributed by atoms with E-state index in [2.05, 4.69) is 125 Å². The van der Waals surface area contributed by atoms with E-state index in [9.17, 15) is 0 Å². The van der Waals surface area contributed by atoms with Gasteiger partial charge in [-0.1, -0.05) is 121 Å². The van der Waals surface area contributed by atoms with Crippen LogP contribution in [-0.4, -0.2) is 19.9 Å². The molecule has 6 heteroatoms. The van der Waals surface area contributed by atoms with Crippen LogP contribution in [0.2, 0.25) is 0 Å². The largest absolute Gasteiger partial charge is 0.456 e. The SMILES string of the molecule is c1ccc(-c2nc(-c3ccc(-c4ccc5oc6ccccc6c5c4)cc3)nc(-c3ccc(-c4[nH]c5ccccc5[n+]4-c4ccccc4)cc3)n2)cc1. The number of aromatic amines is 1. The molecule has 244 valence electrons. The maximum atomic E-state index is 6.06. The van der Waals surface area contributed by atoms with E-state index in [0.717, 1.165) is 77.9 Å². The van der Waals surface area contributed by atoms with E-state index >= 15 is 0 Å². The van der Waals surface area contributed by atoms with Crippen molar-refractivity contribution < 1.29 is 8.98 Å². The normalized spacial score (nSPS) is 11.5. The highest BCUT2D eigenvalue weighted by Crippen LogP contribution is 2.33. The number of nitrogens with one attached hydrogen (secondary N) is 1. The summed E-state index contributed by atoms with van der Waals surface area (Å²) in [5, 5.41) is 2.23. The first-order valence-corrected chi connectivity index (χ1v) is 17.3. The maximum absolute atomic E-state index is 6.06. The summed E-state index contributed by atoms with van der Waals surface area (Å²) in [6.45, 7) is 0. The molecule has 0 aliphatic rings. The van der Waals surface area contributed by atoms with Crippen LogP contribution in [-0.2, 0) is 0 Å². The van der Waals surface area contributed by atoms with Crippen molar-refractivity contribution >= 4 is 33.0 Å². The Balaban J connectivity index is 1.03. The van der Waals surface area contributed by atoms with Gasteiger partial charge >= 0.3 is 0 Å². The molecule has 52 heavy (non-hydrogen) atoms. The molecule has 3 heterocycles. The molecule has 0 saturated heterocycles. The molecule has 0 saturated carbocycles. The maximum Gasteiger partial charge on any atom is 0.292 e. The first-order valence-electron chi connectivity index (χ1n) is 17.3. The van der Waals surface area contributed by atoms with Gasteiger partial charge in [-0.05, 0) is 65.7 Å². The molecule has 0 aliphatic carbocycles. The summed E-state index contributed by atoms with van der Waals surface area (Å²) in [7, 11) is 0. The third-order valence-electron chi connectivity index (χ3n) is 9.57. The third-order valence-corrected chi connectivity index (χ3v) is 9.57. The first-order chi connectivity index (χ1) is 25.7.